The number of rotatable bonds is 3. The van der Waals surface area contributed by atoms with Crippen LogP contribution in [0.5, 0.6) is 0 Å². The van der Waals surface area contributed by atoms with Crippen LogP contribution in [0.15, 0.2) is 11.6 Å². The molecule has 12 atom stereocenters. The minimum Gasteiger partial charge on any atom is -0.458 e. The highest BCUT2D eigenvalue weighted by atomic mass is 16.7. The van der Waals surface area contributed by atoms with Gasteiger partial charge in [-0.1, -0.05) is 13.8 Å². The van der Waals surface area contributed by atoms with Crippen molar-refractivity contribution in [3.63, 3.8) is 0 Å². The molecule has 0 amide bonds. The maximum Gasteiger partial charge on any atom is 0.331 e. The Bertz CT molecular complexity index is 919. The largest absolute Gasteiger partial charge is 0.458 e. The van der Waals surface area contributed by atoms with Gasteiger partial charge in [0.1, 0.15) is 6.61 Å². The lowest BCUT2D eigenvalue weighted by molar-refractivity contribution is -0.262. The topological polar surface area (TPSA) is 105 Å². The molecule has 0 bridgehead atoms. The van der Waals surface area contributed by atoms with Crippen LogP contribution < -0.4 is 0 Å². The van der Waals surface area contributed by atoms with Gasteiger partial charge in [-0.05, 0) is 99.4 Å². The maximum absolute atomic E-state index is 12.4. The van der Waals surface area contributed by atoms with Gasteiger partial charge >= 0.3 is 5.97 Å². The van der Waals surface area contributed by atoms with Gasteiger partial charge in [-0.25, -0.2) is 4.79 Å². The standard InChI is InChI=1S/C29H44O7/c1-16-23(30)6-7-26(35-16)36-19-8-10-27(2)18(13-19)4-5-21-22(27)14-24(31)28(3)20(9-11-29(21,28)33)17-12-25(32)34-15-17/h12,16,18-24,26,30-31,33H,4-11,13-15H2,1-3H3. The predicted octanol–water partition coefficient (Wildman–Crippen LogP) is 3.49. The van der Waals surface area contributed by atoms with Crippen LogP contribution in [0.2, 0.25) is 0 Å². The van der Waals surface area contributed by atoms with Gasteiger partial charge in [0.2, 0.25) is 0 Å². The van der Waals surface area contributed by atoms with Crippen LogP contribution >= 0.6 is 0 Å². The van der Waals surface area contributed by atoms with Gasteiger partial charge < -0.3 is 29.5 Å². The van der Waals surface area contributed by atoms with Crippen molar-refractivity contribution < 1.29 is 34.3 Å². The number of esters is 1. The molecule has 2 heterocycles. The average molecular weight is 505 g/mol. The number of cyclic esters (lactones) is 1. The van der Waals surface area contributed by atoms with E-state index in [1.807, 2.05) is 6.92 Å². The molecular formula is C29H44O7. The van der Waals surface area contributed by atoms with Crippen molar-refractivity contribution in [3.8, 4) is 0 Å². The van der Waals surface area contributed by atoms with Gasteiger partial charge in [0, 0.05) is 17.9 Å². The van der Waals surface area contributed by atoms with E-state index in [0.29, 0.717) is 25.4 Å². The third-order valence-electron chi connectivity index (χ3n) is 12.0. The first-order chi connectivity index (χ1) is 17.1. The van der Waals surface area contributed by atoms with E-state index in [2.05, 4.69) is 13.8 Å². The first-order valence-corrected chi connectivity index (χ1v) is 14.3. The predicted molar refractivity (Wildman–Crippen MR) is 132 cm³/mol. The van der Waals surface area contributed by atoms with Crippen molar-refractivity contribution in [1.82, 2.24) is 0 Å². The van der Waals surface area contributed by atoms with E-state index in [9.17, 15) is 20.1 Å². The first-order valence-electron chi connectivity index (χ1n) is 14.3. The summed E-state index contributed by atoms with van der Waals surface area (Å²) in [5.74, 6) is 0.627. The van der Waals surface area contributed by atoms with E-state index >= 15 is 0 Å². The zero-order valence-corrected chi connectivity index (χ0v) is 22.0. The van der Waals surface area contributed by atoms with E-state index in [-0.39, 0.29) is 47.6 Å². The minimum atomic E-state index is -0.930. The molecule has 2 aliphatic heterocycles. The summed E-state index contributed by atoms with van der Waals surface area (Å²) in [5, 5.41) is 34.0. The number of ether oxygens (including phenoxy) is 3. The lowest BCUT2D eigenvalue weighted by Gasteiger charge is -2.65. The molecule has 4 aliphatic carbocycles. The number of hydrogen-bond donors (Lipinski definition) is 3. The highest BCUT2D eigenvalue weighted by Gasteiger charge is 2.70. The molecule has 0 aromatic rings. The van der Waals surface area contributed by atoms with Crippen LogP contribution in [0, 0.1) is 34.5 Å². The lowest BCUT2D eigenvalue weighted by atomic mass is 9.42. The number of hydrogen-bond acceptors (Lipinski definition) is 7. The zero-order chi connectivity index (χ0) is 25.5. The van der Waals surface area contributed by atoms with Crippen molar-refractivity contribution in [1.29, 1.82) is 0 Å². The van der Waals surface area contributed by atoms with Crippen molar-refractivity contribution in [2.24, 2.45) is 34.5 Å². The Kier molecular flexibility index (Phi) is 6.16. The lowest BCUT2D eigenvalue weighted by Crippen LogP contribution is -2.67. The molecule has 6 aliphatic rings. The third kappa shape index (κ3) is 3.59. The molecule has 1 saturated heterocycles. The normalized spacial score (nSPS) is 54.8. The summed E-state index contributed by atoms with van der Waals surface area (Å²) in [5.41, 5.74) is -0.570. The summed E-state index contributed by atoms with van der Waals surface area (Å²) in [7, 11) is 0. The van der Waals surface area contributed by atoms with Crippen LogP contribution in [0.25, 0.3) is 0 Å². The molecule has 12 unspecified atom stereocenters. The van der Waals surface area contributed by atoms with Crippen LogP contribution in [-0.4, -0.2) is 64.2 Å². The fourth-order valence-corrected chi connectivity index (χ4v) is 9.73. The highest BCUT2D eigenvalue weighted by Crippen LogP contribution is 2.70. The van der Waals surface area contributed by atoms with E-state index in [1.165, 1.54) is 0 Å². The molecule has 6 rings (SSSR count). The zero-order valence-electron chi connectivity index (χ0n) is 22.0. The maximum atomic E-state index is 12.4. The van der Waals surface area contributed by atoms with E-state index < -0.39 is 23.2 Å². The Labute approximate surface area is 214 Å². The molecule has 4 saturated carbocycles. The summed E-state index contributed by atoms with van der Waals surface area (Å²) in [6.45, 7) is 6.67. The Morgan fingerprint density at radius 1 is 1.00 bits per heavy atom. The van der Waals surface area contributed by atoms with E-state index in [0.717, 1.165) is 56.9 Å². The van der Waals surface area contributed by atoms with Crippen LogP contribution in [-0.2, 0) is 19.0 Å². The Morgan fingerprint density at radius 2 is 1.81 bits per heavy atom. The molecular weight excluding hydrogens is 460 g/mol. The summed E-state index contributed by atoms with van der Waals surface area (Å²) in [4.78, 5) is 11.8. The minimum absolute atomic E-state index is 0.0176. The fourth-order valence-electron chi connectivity index (χ4n) is 9.73. The molecule has 7 heteroatoms. The van der Waals surface area contributed by atoms with Gasteiger partial charge in [0.15, 0.2) is 6.29 Å². The van der Waals surface area contributed by atoms with Gasteiger partial charge in [0.05, 0.1) is 30.0 Å². The molecule has 3 N–H and O–H groups in total. The highest BCUT2D eigenvalue weighted by molar-refractivity contribution is 5.85. The third-order valence-corrected chi connectivity index (χ3v) is 12.0. The second-order valence-corrected chi connectivity index (χ2v) is 13.3. The SMILES string of the molecule is CC1OC(OC2CCC3(C)C(CCC4C3CC(O)C3(C)C(C5=CC(=O)OC5)CCC43O)C2)CCC1O. The summed E-state index contributed by atoms with van der Waals surface area (Å²) in [6, 6.07) is 0. The molecule has 5 fully saturated rings. The molecule has 7 nitrogen and oxygen atoms in total. The smallest absolute Gasteiger partial charge is 0.331 e. The fraction of sp³-hybridized carbons (Fsp3) is 0.897. The van der Waals surface area contributed by atoms with Gasteiger partial charge in [-0.15, -0.1) is 0 Å². The van der Waals surface area contributed by atoms with Crippen LogP contribution in [0.3, 0.4) is 0 Å². The monoisotopic (exact) mass is 504 g/mol. The molecule has 0 aromatic heterocycles. The van der Waals surface area contributed by atoms with Crippen molar-refractivity contribution in [2.45, 2.75) is 121 Å². The first kappa shape index (κ1) is 25.3. The molecule has 0 radical (unpaired) electrons. The molecule has 36 heavy (non-hydrogen) atoms. The average Bonchev–Trinajstić information content (AvgIpc) is 3.38. The Hall–Kier alpha value is -0.990. The van der Waals surface area contributed by atoms with Gasteiger partial charge in [0.25, 0.3) is 0 Å². The van der Waals surface area contributed by atoms with Gasteiger partial charge in [-0.3, -0.25) is 0 Å². The quantitative estimate of drug-likeness (QED) is 0.399. The number of aliphatic hydroxyl groups excluding tert-OH is 2. The molecule has 0 aromatic carbocycles. The number of aliphatic hydroxyl groups is 3. The number of carbonyl (C=O) groups is 1. The van der Waals surface area contributed by atoms with E-state index in [4.69, 9.17) is 14.2 Å². The van der Waals surface area contributed by atoms with Crippen molar-refractivity contribution >= 4 is 5.97 Å². The van der Waals surface area contributed by atoms with Crippen LogP contribution in [0.1, 0.15) is 85.0 Å². The number of carbonyl (C=O) groups excluding carboxylic acids is 1. The van der Waals surface area contributed by atoms with Gasteiger partial charge in [-0.2, -0.15) is 0 Å². The second-order valence-electron chi connectivity index (χ2n) is 13.3. The summed E-state index contributed by atoms with van der Waals surface area (Å²) >= 11 is 0. The number of fused-ring (bicyclic) bond motifs is 5. The Balaban J connectivity index is 1.19. The summed E-state index contributed by atoms with van der Waals surface area (Å²) < 4.78 is 17.5. The second kappa shape index (κ2) is 8.77. The Morgan fingerprint density at radius 3 is 2.53 bits per heavy atom. The van der Waals surface area contributed by atoms with Crippen LogP contribution in [0.4, 0.5) is 0 Å². The van der Waals surface area contributed by atoms with E-state index in [1.54, 1.807) is 6.08 Å². The van der Waals surface area contributed by atoms with Crippen molar-refractivity contribution in [3.05, 3.63) is 11.6 Å². The molecule has 202 valence electrons. The van der Waals surface area contributed by atoms with Crippen molar-refractivity contribution in [2.75, 3.05) is 6.61 Å². The summed E-state index contributed by atoms with van der Waals surface area (Å²) in [6.07, 6.45) is 8.99. The molecule has 0 spiro atoms.